The van der Waals surface area contributed by atoms with E-state index < -0.39 is 0 Å². The molecule has 17 heavy (non-hydrogen) atoms. The van der Waals surface area contributed by atoms with Gasteiger partial charge in [0.15, 0.2) is 0 Å². The van der Waals surface area contributed by atoms with E-state index in [1.807, 2.05) is 12.1 Å². The molecule has 2 heteroatoms. The van der Waals surface area contributed by atoms with Crippen molar-refractivity contribution in [2.45, 2.75) is 40.5 Å². The van der Waals surface area contributed by atoms with Gasteiger partial charge in [-0.1, -0.05) is 27.7 Å². The van der Waals surface area contributed by atoms with Gasteiger partial charge in [0.2, 0.25) is 0 Å². The Morgan fingerprint density at radius 1 is 1.06 bits per heavy atom. The molecule has 0 aliphatic carbocycles. The van der Waals surface area contributed by atoms with Gasteiger partial charge >= 0.3 is 0 Å². The molecule has 0 heterocycles. The van der Waals surface area contributed by atoms with Crippen LogP contribution in [-0.4, -0.2) is 0 Å². The summed E-state index contributed by atoms with van der Waals surface area (Å²) in [6.45, 7) is 8.56. The first kappa shape index (κ1) is 13.6. The molecule has 1 radical (unpaired) electrons. The van der Waals surface area contributed by atoms with E-state index in [-0.39, 0.29) is 0 Å². The lowest BCUT2D eigenvalue weighted by atomic mass is 9.92. The summed E-state index contributed by atoms with van der Waals surface area (Å²) in [6.07, 6.45) is 1.75. The topological polar surface area (TPSA) is 47.6 Å². The summed E-state index contributed by atoms with van der Waals surface area (Å²) in [5, 5.41) is 9.03. The molecule has 1 rings (SSSR count). The van der Waals surface area contributed by atoms with Crippen LogP contribution in [0.2, 0.25) is 0 Å². The van der Waals surface area contributed by atoms with Crippen molar-refractivity contribution in [1.29, 1.82) is 5.26 Å². The minimum absolute atomic E-state index is 0.514. The Kier molecular flexibility index (Phi) is 4.57. The summed E-state index contributed by atoms with van der Waals surface area (Å²) < 4.78 is 0. The minimum atomic E-state index is 0.514. The van der Waals surface area contributed by atoms with Crippen LogP contribution in [0.25, 0.3) is 0 Å². The Balaban J connectivity index is 3.17. The Hall–Kier alpha value is -1.49. The SMILES string of the molecule is CC(C)Cc1cc(C#N)cc(CC(C)C)c1[NH]. The second kappa shape index (κ2) is 5.72. The fraction of sp³-hybridized carbons (Fsp3) is 0.533. The third-order valence-electron chi connectivity index (χ3n) is 2.69. The molecule has 91 valence electrons. The van der Waals surface area contributed by atoms with Crippen LogP contribution in [0.3, 0.4) is 0 Å². The third-order valence-corrected chi connectivity index (χ3v) is 2.69. The highest BCUT2D eigenvalue weighted by Gasteiger charge is 2.11. The van der Waals surface area contributed by atoms with E-state index in [1.54, 1.807) is 0 Å². The van der Waals surface area contributed by atoms with E-state index in [1.165, 1.54) is 0 Å². The van der Waals surface area contributed by atoms with E-state index in [4.69, 9.17) is 11.0 Å². The van der Waals surface area contributed by atoms with Crippen LogP contribution in [0.4, 0.5) is 5.69 Å². The molecule has 0 fully saturated rings. The van der Waals surface area contributed by atoms with Crippen LogP contribution in [-0.2, 0) is 12.8 Å². The van der Waals surface area contributed by atoms with Gasteiger partial charge in [-0.05, 0) is 47.9 Å². The number of nitrogens with zero attached hydrogens (tertiary/aromatic N) is 1. The predicted octanol–water partition coefficient (Wildman–Crippen LogP) is 3.87. The minimum Gasteiger partial charge on any atom is -0.300 e. The van der Waals surface area contributed by atoms with Crippen molar-refractivity contribution >= 4 is 5.69 Å². The second-order valence-corrected chi connectivity index (χ2v) is 5.48. The molecular weight excluding hydrogens is 208 g/mol. The molecule has 0 bridgehead atoms. The number of rotatable bonds is 4. The monoisotopic (exact) mass is 229 g/mol. The zero-order chi connectivity index (χ0) is 13.0. The average Bonchev–Trinajstić information content (AvgIpc) is 2.22. The van der Waals surface area contributed by atoms with Gasteiger partial charge in [-0.2, -0.15) is 5.26 Å². The maximum absolute atomic E-state index is 9.03. The van der Waals surface area contributed by atoms with Gasteiger partial charge in [0.1, 0.15) is 0 Å². The molecule has 0 amide bonds. The zero-order valence-electron chi connectivity index (χ0n) is 11.2. The van der Waals surface area contributed by atoms with Crippen molar-refractivity contribution in [2.75, 3.05) is 0 Å². The predicted molar refractivity (Wildman–Crippen MR) is 71.0 cm³/mol. The van der Waals surface area contributed by atoms with Gasteiger partial charge in [-0.3, -0.25) is 0 Å². The van der Waals surface area contributed by atoms with Gasteiger partial charge < -0.3 is 5.73 Å². The second-order valence-electron chi connectivity index (χ2n) is 5.48. The summed E-state index contributed by atoms with van der Waals surface area (Å²) in [5.41, 5.74) is 11.5. The highest BCUT2D eigenvalue weighted by Crippen LogP contribution is 2.26. The molecule has 0 aliphatic heterocycles. The van der Waals surface area contributed by atoms with Crippen molar-refractivity contribution in [3.8, 4) is 6.07 Å². The highest BCUT2D eigenvalue weighted by molar-refractivity contribution is 5.55. The van der Waals surface area contributed by atoms with Crippen LogP contribution >= 0.6 is 0 Å². The van der Waals surface area contributed by atoms with Crippen molar-refractivity contribution in [3.63, 3.8) is 0 Å². The average molecular weight is 229 g/mol. The van der Waals surface area contributed by atoms with E-state index in [2.05, 4.69) is 33.8 Å². The highest BCUT2D eigenvalue weighted by atomic mass is 14.6. The first-order valence-electron chi connectivity index (χ1n) is 6.21. The van der Waals surface area contributed by atoms with E-state index in [0.29, 0.717) is 23.1 Å². The lowest BCUT2D eigenvalue weighted by molar-refractivity contribution is 0.636. The molecule has 1 N–H and O–H groups in total. The van der Waals surface area contributed by atoms with Crippen molar-refractivity contribution < 1.29 is 0 Å². The van der Waals surface area contributed by atoms with Gasteiger partial charge in [-0.25, -0.2) is 0 Å². The maximum atomic E-state index is 9.03. The van der Waals surface area contributed by atoms with Crippen LogP contribution in [0.1, 0.15) is 44.4 Å². The Bertz CT molecular complexity index is 394. The molecule has 0 aromatic heterocycles. The number of nitrogens with one attached hydrogen (secondary N) is 1. The molecule has 0 saturated heterocycles. The fourth-order valence-corrected chi connectivity index (χ4v) is 2.03. The summed E-state index contributed by atoms with van der Waals surface area (Å²) in [5.74, 6) is 1.03. The molecule has 0 saturated carbocycles. The van der Waals surface area contributed by atoms with Crippen LogP contribution in [0.15, 0.2) is 12.1 Å². The maximum Gasteiger partial charge on any atom is 0.0991 e. The van der Waals surface area contributed by atoms with Crippen LogP contribution in [0, 0.1) is 23.2 Å². The van der Waals surface area contributed by atoms with Gasteiger partial charge in [-0.15, -0.1) is 0 Å². The summed E-state index contributed by atoms with van der Waals surface area (Å²) in [4.78, 5) is 0. The van der Waals surface area contributed by atoms with E-state index >= 15 is 0 Å². The molecule has 0 aliphatic rings. The van der Waals surface area contributed by atoms with E-state index in [0.717, 1.165) is 24.0 Å². The van der Waals surface area contributed by atoms with Crippen molar-refractivity contribution in [3.05, 3.63) is 28.8 Å². The summed E-state index contributed by atoms with van der Waals surface area (Å²) >= 11 is 0. The number of nitriles is 1. The Morgan fingerprint density at radius 2 is 1.47 bits per heavy atom. The normalized spacial score (nSPS) is 10.9. The molecule has 1 aromatic carbocycles. The van der Waals surface area contributed by atoms with Crippen molar-refractivity contribution in [2.24, 2.45) is 11.8 Å². The summed E-state index contributed by atoms with van der Waals surface area (Å²) in [7, 11) is 0. The van der Waals surface area contributed by atoms with Crippen molar-refractivity contribution in [1.82, 2.24) is 5.73 Å². The van der Waals surface area contributed by atoms with Gasteiger partial charge in [0, 0.05) is 0 Å². The lowest BCUT2D eigenvalue weighted by Gasteiger charge is -2.14. The van der Waals surface area contributed by atoms with Gasteiger partial charge in [0.25, 0.3) is 0 Å². The number of hydrogen-bond acceptors (Lipinski definition) is 1. The number of benzene rings is 1. The molecule has 2 nitrogen and oxygen atoms in total. The standard InChI is InChI=1S/C15H21N2/c1-10(2)5-13-7-12(9-16)8-14(15(13)17)6-11(3)4/h7-8,10-11,17H,5-6H2,1-4H3. The van der Waals surface area contributed by atoms with Crippen LogP contribution < -0.4 is 5.73 Å². The molecule has 0 atom stereocenters. The van der Waals surface area contributed by atoms with E-state index in [9.17, 15) is 0 Å². The van der Waals surface area contributed by atoms with Crippen LogP contribution in [0.5, 0.6) is 0 Å². The lowest BCUT2D eigenvalue weighted by Crippen LogP contribution is -2.02. The molecule has 0 unspecified atom stereocenters. The quantitative estimate of drug-likeness (QED) is 0.773. The Morgan fingerprint density at radius 3 is 1.76 bits per heavy atom. The summed E-state index contributed by atoms with van der Waals surface area (Å²) in [6, 6.07) is 5.93. The molecule has 1 aromatic rings. The first-order chi connectivity index (χ1) is 7.93. The van der Waals surface area contributed by atoms with Gasteiger partial charge in [0.05, 0.1) is 17.3 Å². The molecular formula is C15H21N2. The Labute approximate surface area is 104 Å². The fourth-order valence-electron chi connectivity index (χ4n) is 2.03. The largest absolute Gasteiger partial charge is 0.300 e. The third kappa shape index (κ3) is 3.78. The smallest absolute Gasteiger partial charge is 0.0991 e. The molecule has 0 spiro atoms. The first-order valence-corrected chi connectivity index (χ1v) is 6.21. The zero-order valence-corrected chi connectivity index (χ0v) is 11.2. The number of hydrogen-bond donors (Lipinski definition) is 0.